The molecule has 0 unspecified atom stereocenters. The van der Waals surface area contributed by atoms with Crippen molar-refractivity contribution in [3.8, 4) is 0 Å². The molecule has 1 N–H and O–H groups in total. The predicted molar refractivity (Wildman–Crippen MR) is 54.9 cm³/mol. The highest BCUT2D eigenvalue weighted by Gasteiger charge is 2.29. The lowest BCUT2D eigenvalue weighted by atomic mass is 10.1. The Labute approximate surface area is 89.0 Å². The van der Waals surface area contributed by atoms with Gasteiger partial charge in [0.2, 0.25) is 0 Å². The van der Waals surface area contributed by atoms with Gasteiger partial charge < -0.3 is 0 Å². The first-order chi connectivity index (χ1) is 6.54. The van der Waals surface area contributed by atoms with Crippen molar-refractivity contribution in [3.05, 3.63) is 35.4 Å². The number of nitrogens with one attached hydrogen (secondary N) is 1. The van der Waals surface area contributed by atoms with Gasteiger partial charge in [-0.2, -0.15) is 13.2 Å². The van der Waals surface area contributed by atoms with Crippen LogP contribution in [-0.2, 0) is 12.7 Å². The minimum atomic E-state index is -4.26. The van der Waals surface area contributed by atoms with Crippen LogP contribution in [0, 0.1) is 0 Å². The van der Waals surface area contributed by atoms with Crippen molar-refractivity contribution in [2.45, 2.75) is 12.7 Å². The molecule has 0 spiro atoms. The van der Waals surface area contributed by atoms with E-state index in [1.165, 1.54) is 12.1 Å². The Balaban J connectivity index is 2.69. The summed E-state index contributed by atoms with van der Waals surface area (Å²) in [6.45, 7) is 0.492. The molecule has 0 radical (unpaired) electrons. The molecule has 14 heavy (non-hydrogen) atoms. The second-order valence-electron chi connectivity index (χ2n) is 2.61. The summed E-state index contributed by atoms with van der Waals surface area (Å²) in [7, 11) is 1.13. The lowest BCUT2D eigenvalue weighted by Crippen LogP contribution is -2.06. The summed E-state index contributed by atoms with van der Waals surface area (Å²) in [5, 5.41) is 0. The standard InChI is InChI=1S/C8H8F3NS2/c9-8(10,11)7-3-1-6(2-4-7)5-12-14-13/h1-4,12-13H,5H2. The van der Waals surface area contributed by atoms with E-state index in [1.54, 1.807) is 0 Å². The molecule has 0 bridgehead atoms. The fraction of sp³-hybridized carbons (Fsp3) is 0.250. The van der Waals surface area contributed by atoms with Gasteiger partial charge in [-0.15, -0.1) is 0 Å². The van der Waals surface area contributed by atoms with Gasteiger partial charge in [0.25, 0.3) is 0 Å². The molecule has 0 aliphatic carbocycles. The van der Waals surface area contributed by atoms with E-state index in [9.17, 15) is 13.2 Å². The number of halogens is 3. The monoisotopic (exact) mass is 239 g/mol. The fourth-order valence-electron chi connectivity index (χ4n) is 0.927. The first-order valence-electron chi connectivity index (χ1n) is 3.73. The van der Waals surface area contributed by atoms with Gasteiger partial charge in [0.15, 0.2) is 0 Å². The highest BCUT2D eigenvalue weighted by Crippen LogP contribution is 2.29. The van der Waals surface area contributed by atoms with Crippen LogP contribution < -0.4 is 4.72 Å². The molecule has 0 amide bonds. The fourth-order valence-corrected chi connectivity index (χ4v) is 1.35. The maximum Gasteiger partial charge on any atom is 0.416 e. The molecule has 6 heteroatoms. The maximum absolute atomic E-state index is 12.1. The van der Waals surface area contributed by atoms with Crippen LogP contribution in [0.4, 0.5) is 13.2 Å². The third-order valence-corrected chi connectivity index (χ3v) is 2.28. The minimum Gasteiger partial charge on any atom is -0.251 e. The Morgan fingerprint density at radius 3 is 2.21 bits per heavy atom. The number of thiol groups is 1. The normalized spacial score (nSPS) is 11.7. The van der Waals surface area contributed by atoms with Crippen molar-refractivity contribution in [2.75, 3.05) is 0 Å². The zero-order chi connectivity index (χ0) is 10.6. The van der Waals surface area contributed by atoms with Gasteiger partial charge in [-0.05, 0) is 28.7 Å². The Kier molecular flexibility index (Phi) is 4.15. The smallest absolute Gasteiger partial charge is 0.251 e. The summed E-state index contributed by atoms with van der Waals surface area (Å²) in [5.74, 6) is 0. The minimum absolute atomic E-state index is 0.492. The quantitative estimate of drug-likeness (QED) is 0.477. The van der Waals surface area contributed by atoms with Crippen LogP contribution in [0.15, 0.2) is 24.3 Å². The van der Waals surface area contributed by atoms with Crippen molar-refractivity contribution in [1.29, 1.82) is 0 Å². The third kappa shape index (κ3) is 3.43. The van der Waals surface area contributed by atoms with Crippen LogP contribution in [0.1, 0.15) is 11.1 Å². The highest BCUT2D eigenvalue weighted by molar-refractivity contribution is 8.67. The Bertz CT molecular complexity index is 284. The zero-order valence-corrected chi connectivity index (χ0v) is 8.72. The van der Waals surface area contributed by atoms with Crippen molar-refractivity contribution >= 4 is 22.6 Å². The Morgan fingerprint density at radius 2 is 1.79 bits per heavy atom. The van der Waals surface area contributed by atoms with Crippen molar-refractivity contribution < 1.29 is 13.2 Å². The first-order valence-corrected chi connectivity index (χ1v) is 5.60. The number of benzene rings is 1. The number of alkyl halides is 3. The van der Waals surface area contributed by atoms with Crippen LogP contribution in [0.25, 0.3) is 0 Å². The predicted octanol–water partition coefficient (Wildman–Crippen LogP) is 3.29. The van der Waals surface area contributed by atoms with Gasteiger partial charge in [0, 0.05) is 6.54 Å². The molecular weight excluding hydrogens is 231 g/mol. The van der Waals surface area contributed by atoms with Gasteiger partial charge in [0.05, 0.1) is 5.56 Å². The third-order valence-electron chi connectivity index (χ3n) is 1.62. The van der Waals surface area contributed by atoms with Gasteiger partial charge >= 0.3 is 6.18 Å². The molecule has 0 saturated heterocycles. The van der Waals surface area contributed by atoms with Crippen LogP contribution in [0.3, 0.4) is 0 Å². The number of hydrogen-bond acceptors (Lipinski definition) is 3. The summed E-state index contributed by atoms with van der Waals surface area (Å²) in [5.41, 5.74) is 0.166. The first kappa shape index (κ1) is 11.7. The summed E-state index contributed by atoms with van der Waals surface area (Å²) < 4.78 is 39.2. The maximum atomic E-state index is 12.1. The van der Waals surface area contributed by atoms with E-state index < -0.39 is 11.7 Å². The van der Waals surface area contributed by atoms with Gasteiger partial charge in [-0.1, -0.05) is 23.8 Å². The van der Waals surface area contributed by atoms with Crippen LogP contribution in [0.5, 0.6) is 0 Å². The van der Waals surface area contributed by atoms with E-state index in [2.05, 4.69) is 16.4 Å². The molecule has 1 aromatic rings. The molecule has 0 atom stereocenters. The molecule has 1 aromatic carbocycles. The van der Waals surface area contributed by atoms with Gasteiger partial charge in [-0.3, -0.25) is 4.72 Å². The van der Waals surface area contributed by atoms with Crippen molar-refractivity contribution in [2.24, 2.45) is 0 Å². The molecule has 0 saturated carbocycles. The molecule has 1 rings (SSSR count). The largest absolute Gasteiger partial charge is 0.416 e. The van der Waals surface area contributed by atoms with Crippen LogP contribution >= 0.6 is 22.6 Å². The van der Waals surface area contributed by atoms with Gasteiger partial charge in [-0.25, -0.2) is 0 Å². The molecule has 0 aliphatic heterocycles. The van der Waals surface area contributed by atoms with Crippen molar-refractivity contribution in [3.63, 3.8) is 0 Å². The summed E-state index contributed by atoms with van der Waals surface area (Å²) in [6.07, 6.45) is -4.26. The van der Waals surface area contributed by atoms with Crippen molar-refractivity contribution in [1.82, 2.24) is 4.72 Å². The molecule has 0 fully saturated rings. The molecule has 0 aliphatic rings. The lowest BCUT2D eigenvalue weighted by Gasteiger charge is -2.07. The number of hydrogen-bond donors (Lipinski definition) is 2. The van der Waals surface area contributed by atoms with E-state index in [4.69, 9.17) is 0 Å². The summed E-state index contributed by atoms with van der Waals surface area (Å²) >= 11 is 3.84. The Hall–Kier alpha value is -0.330. The van der Waals surface area contributed by atoms with E-state index in [-0.39, 0.29) is 0 Å². The highest BCUT2D eigenvalue weighted by atomic mass is 33.1. The average molecular weight is 239 g/mol. The van der Waals surface area contributed by atoms with E-state index >= 15 is 0 Å². The molecule has 0 heterocycles. The topological polar surface area (TPSA) is 12.0 Å². The second-order valence-corrected chi connectivity index (χ2v) is 3.63. The van der Waals surface area contributed by atoms with E-state index in [0.717, 1.165) is 28.7 Å². The van der Waals surface area contributed by atoms with Crippen LogP contribution in [-0.4, -0.2) is 0 Å². The second kappa shape index (κ2) is 4.95. The molecule has 0 aromatic heterocycles. The molecular formula is C8H8F3NS2. The molecule has 78 valence electrons. The average Bonchev–Trinajstić information content (AvgIpc) is 2.14. The summed E-state index contributed by atoms with van der Waals surface area (Å²) in [4.78, 5) is 0. The Morgan fingerprint density at radius 1 is 1.21 bits per heavy atom. The zero-order valence-electron chi connectivity index (χ0n) is 7.01. The van der Waals surface area contributed by atoms with E-state index in [0.29, 0.717) is 6.54 Å². The lowest BCUT2D eigenvalue weighted by molar-refractivity contribution is -0.137. The number of rotatable bonds is 3. The SMILES string of the molecule is FC(F)(F)c1ccc(CNSS)cc1. The van der Waals surface area contributed by atoms with E-state index in [1.807, 2.05) is 0 Å². The van der Waals surface area contributed by atoms with Gasteiger partial charge in [0.1, 0.15) is 0 Å². The van der Waals surface area contributed by atoms with Crippen LogP contribution in [0.2, 0.25) is 0 Å². The molecule has 1 nitrogen and oxygen atoms in total. The summed E-state index contributed by atoms with van der Waals surface area (Å²) in [6, 6.07) is 5.03.